The Morgan fingerprint density at radius 2 is 1.72 bits per heavy atom. The van der Waals surface area contributed by atoms with Gasteiger partial charge in [0.25, 0.3) is 5.56 Å². The van der Waals surface area contributed by atoms with Crippen LogP contribution in [0.25, 0.3) is 10.8 Å². The molecule has 36 heavy (non-hydrogen) atoms. The number of halogens is 2. The van der Waals surface area contributed by atoms with Crippen LogP contribution in [-0.4, -0.2) is 34.5 Å². The lowest BCUT2D eigenvalue weighted by molar-refractivity contribution is -0.899. The first-order valence-corrected chi connectivity index (χ1v) is 12.8. The third kappa shape index (κ3) is 6.09. The van der Waals surface area contributed by atoms with E-state index in [1.807, 2.05) is 24.3 Å². The van der Waals surface area contributed by atoms with Crippen LogP contribution in [0.2, 0.25) is 5.02 Å². The van der Waals surface area contributed by atoms with E-state index in [-0.39, 0.29) is 29.8 Å². The second-order valence-electron chi connectivity index (χ2n) is 9.55. The fourth-order valence-corrected chi connectivity index (χ4v) is 5.30. The zero-order valence-corrected chi connectivity index (χ0v) is 21.7. The summed E-state index contributed by atoms with van der Waals surface area (Å²) in [5.74, 6) is 0.140. The molecule has 5 rings (SSSR count). The summed E-state index contributed by atoms with van der Waals surface area (Å²) in [6.07, 6.45) is 4.60. The molecule has 2 unspecified atom stereocenters. The smallest absolute Gasteiger partial charge is 0.274 e. The number of aromatic hydroxyl groups is 1. The third-order valence-electron chi connectivity index (χ3n) is 7.12. The molecular weight excluding hydrogens is 493 g/mol. The topological polar surface area (TPSA) is 59.6 Å². The van der Waals surface area contributed by atoms with Crippen LogP contribution >= 0.6 is 11.6 Å². The number of nitrogens with zero attached hydrogens (tertiary/aromatic N) is 2. The van der Waals surface area contributed by atoms with Crippen molar-refractivity contribution in [3.8, 4) is 5.75 Å². The van der Waals surface area contributed by atoms with Gasteiger partial charge in [0.15, 0.2) is 0 Å². The summed E-state index contributed by atoms with van der Waals surface area (Å²) in [4.78, 5) is 15.1. The molecule has 2 heterocycles. The Bertz CT molecular complexity index is 1360. The van der Waals surface area contributed by atoms with Crippen LogP contribution in [0.15, 0.2) is 77.6 Å². The third-order valence-corrected chi connectivity index (χ3v) is 7.37. The van der Waals surface area contributed by atoms with E-state index in [9.17, 15) is 9.90 Å². The molecule has 1 fully saturated rings. The van der Waals surface area contributed by atoms with Crippen molar-refractivity contribution in [1.82, 2.24) is 9.78 Å². The highest BCUT2D eigenvalue weighted by atomic mass is 35.5. The minimum absolute atomic E-state index is 0. The maximum atomic E-state index is 13.5. The van der Waals surface area contributed by atoms with Gasteiger partial charge in [0, 0.05) is 29.7 Å². The van der Waals surface area contributed by atoms with Gasteiger partial charge in [-0.25, -0.2) is 4.68 Å². The first-order valence-electron chi connectivity index (χ1n) is 12.4. The van der Waals surface area contributed by atoms with Crippen LogP contribution in [0.4, 0.5) is 0 Å². The van der Waals surface area contributed by atoms with Crippen molar-refractivity contribution in [2.45, 2.75) is 38.1 Å². The summed E-state index contributed by atoms with van der Waals surface area (Å²) in [6.45, 7) is 3.26. The maximum Gasteiger partial charge on any atom is 0.274 e. The minimum atomic E-state index is -0.0717. The van der Waals surface area contributed by atoms with Crippen molar-refractivity contribution < 1.29 is 22.4 Å². The molecule has 0 amide bonds. The second kappa shape index (κ2) is 11.9. The maximum absolute atomic E-state index is 13.5. The molecule has 1 aromatic heterocycles. The van der Waals surface area contributed by atoms with Gasteiger partial charge in [-0.1, -0.05) is 54.1 Å². The van der Waals surface area contributed by atoms with E-state index >= 15 is 0 Å². The van der Waals surface area contributed by atoms with Crippen molar-refractivity contribution >= 4 is 22.4 Å². The van der Waals surface area contributed by atoms with E-state index in [0.29, 0.717) is 22.2 Å². The summed E-state index contributed by atoms with van der Waals surface area (Å²) in [5.41, 5.74) is 3.17. The van der Waals surface area contributed by atoms with E-state index in [1.165, 1.54) is 5.56 Å². The number of nitrogens with one attached hydrogen (secondary N) is 1. The average Bonchev–Trinajstić information content (AvgIpc) is 3.12. The van der Waals surface area contributed by atoms with Gasteiger partial charge in [-0.2, -0.15) is 5.10 Å². The molecule has 1 aliphatic rings. The normalized spacial score (nSPS) is 17.9. The van der Waals surface area contributed by atoms with Gasteiger partial charge >= 0.3 is 0 Å². The molecule has 2 N–H and O–H groups in total. The van der Waals surface area contributed by atoms with Crippen LogP contribution in [0.1, 0.15) is 42.1 Å². The molecule has 0 spiro atoms. The Labute approximate surface area is 222 Å². The molecule has 188 valence electrons. The van der Waals surface area contributed by atoms with Gasteiger partial charge in [0.1, 0.15) is 5.75 Å². The molecule has 1 aliphatic heterocycles. The number of phenolic OH excluding ortho intramolecular Hbond substituents is 1. The Morgan fingerprint density at radius 3 is 2.50 bits per heavy atom. The van der Waals surface area contributed by atoms with Crippen molar-refractivity contribution in [1.29, 1.82) is 0 Å². The number of phenols is 1. The lowest BCUT2D eigenvalue weighted by Crippen LogP contribution is -3.12. The van der Waals surface area contributed by atoms with Crippen molar-refractivity contribution in [2.75, 3.05) is 19.6 Å². The molecule has 1 saturated heterocycles. The number of likely N-dealkylation sites (tertiary alicyclic amines) is 1. The van der Waals surface area contributed by atoms with Gasteiger partial charge in [-0.3, -0.25) is 4.79 Å². The zero-order chi connectivity index (χ0) is 24.2. The van der Waals surface area contributed by atoms with E-state index in [1.54, 1.807) is 27.8 Å². The van der Waals surface area contributed by atoms with Gasteiger partial charge in [-0.15, -0.1) is 0 Å². The van der Waals surface area contributed by atoms with Gasteiger partial charge in [0.05, 0.1) is 36.8 Å². The highest BCUT2D eigenvalue weighted by Crippen LogP contribution is 2.25. The Hall–Kier alpha value is -2.86. The largest absolute Gasteiger partial charge is 1.00 e. The Morgan fingerprint density at radius 1 is 0.944 bits per heavy atom. The molecule has 3 aromatic carbocycles. The quantitative estimate of drug-likeness (QED) is 0.399. The van der Waals surface area contributed by atoms with Crippen LogP contribution < -0.4 is 22.9 Å². The fourth-order valence-electron chi connectivity index (χ4n) is 5.17. The highest BCUT2D eigenvalue weighted by Gasteiger charge is 2.24. The predicted molar refractivity (Wildman–Crippen MR) is 141 cm³/mol. The molecule has 0 aliphatic carbocycles. The second-order valence-corrected chi connectivity index (χ2v) is 9.99. The lowest BCUT2D eigenvalue weighted by atomic mass is 10.0. The first-order chi connectivity index (χ1) is 17.1. The summed E-state index contributed by atoms with van der Waals surface area (Å²) in [7, 11) is 0. The summed E-state index contributed by atoms with van der Waals surface area (Å²) >= 11 is 6.07. The molecule has 0 saturated carbocycles. The van der Waals surface area contributed by atoms with Gasteiger partial charge in [-0.05, 0) is 54.3 Å². The first kappa shape index (κ1) is 26.2. The molecule has 5 nitrogen and oxygen atoms in total. The molecule has 0 radical (unpaired) electrons. The molecule has 0 bridgehead atoms. The number of hydrogen-bond donors (Lipinski definition) is 2. The number of quaternary nitrogens is 1. The minimum Gasteiger partial charge on any atom is -1.00 e. The standard InChI is InChI=1S/C29H30ClN3O2.ClH/c30-23-10-8-22(9-11-23)19-28-27-20-25(34)12-13-26(27)29(35)33(31-28)24-7-4-16-32(18-15-24)17-14-21-5-2-1-3-6-21;/h1-3,5-6,8-13,20,24,34H,4,7,14-19H2;1H. The highest BCUT2D eigenvalue weighted by molar-refractivity contribution is 6.30. The number of rotatable bonds is 6. The van der Waals surface area contributed by atoms with Crippen LogP contribution in [0, 0.1) is 0 Å². The SMILES string of the molecule is O=c1c2ccc(O)cc2c(Cc2ccc(Cl)cc2)nn1C1CCC[NH+](CCc2ccccc2)CC1.[Cl-]. The van der Waals surface area contributed by atoms with Gasteiger partial charge in [0.2, 0.25) is 0 Å². The van der Waals surface area contributed by atoms with Crippen molar-refractivity contribution in [3.63, 3.8) is 0 Å². The van der Waals surface area contributed by atoms with Crippen LogP contribution in [-0.2, 0) is 12.8 Å². The molecule has 2 atom stereocenters. The van der Waals surface area contributed by atoms with Crippen molar-refractivity contribution in [2.24, 2.45) is 0 Å². The number of hydrogen-bond acceptors (Lipinski definition) is 3. The number of benzene rings is 3. The van der Waals surface area contributed by atoms with Crippen molar-refractivity contribution in [3.05, 3.63) is 105 Å². The fraction of sp³-hybridized carbons (Fsp3) is 0.310. The molecule has 4 aromatic rings. The monoisotopic (exact) mass is 523 g/mol. The van der Waals surface area contributed by atoms with Crippen LogP contribution in [0.3, 0.4) is 0 Å². The van der Waals surface area contributed by atoms with E-state index in [2.05, 4.69) is 30.3 Å². The molecule has 7 heteroatoms. The van der Waals surface area contributed by atoms with E-state index < -0.39 is 0 Å². The van der Waals surface area contributed by atoms with Crippen LogP contribution in [0.5, 0.6) is 5.75 Å². The zero-order valence-electron chi connectivity index (χ0n) is 20.2. The summed E-state index contributed by atoms with van der Waals surface area (Å²) in [5, 5.41) is 17.0. The van der Waals surface area contributed by atoms with E-state index in [4.69, 9.17) is 16.7 Å². The molecular formula is C29H31Cl2N3O2. The Balaban J connectivity index is 0.00000304. The lowest BCUT2D eigenvalue weighted by Gasteiger charge is -2.19. The average molecular weight is 524 g/mol. The predicted octanol–water partition coefficient (Wildman–Crippen LogP) is 1.20. The number of aromatic nitrogens is 2. The van der Waals surface area contributed by atoms with E-state index in [0.717, 1.165) is 56.6 Å². The summed E-state index contributed by atoms with van der Waals surface area (Å²) in [6, 6.07) is 23.4. The Kier molecular flexibility index (Phi) is 8.68. The van der Waals surface area contributed by atoms with Gasteiger partial charge < -0.3 is 22.4 Å². The summed E-state index contributed by atoms with van der Waals surface area (Å²) < 4.78 is 1.73. The number of fused-ring (bicyclic) bond motifs is 1.